The van der Waals surface area contributed by atoms with Crippen molar-refractivity contribution in [3.8, 4) is 34.5 Å². The molecule has 2 aromatic carbocycles. The highest BCUT2D eigenvalue weighted by molar-refractivity contribution is 5.39. The van der Waals surface area contributed by atoms with Gasteiger partial charge in [0, 0.05) is 6.07 Å². The van der Waals surface area contributed by atoms with Crippen LogP contribution in [0.5, 0.6) is 34.5 Å². The van der Waals surface area contributed by atoms with Crippen LogP contribution in [0.4, 0.5) is 0 Å². The Morgan fingerprint density at radius 3 is 1.43 bits per heavy atom. The molecule has 0 N–H and O–H groups in total. The van der Waals surface area contributed by atoms with Crippen LogP contribution in [0.2, 0.25) is 0 Å². The molecule has 7 nitrogen and oxygen atoms in total. The minimum absolute atomic E-state index is 0.232. The van der Waals surface area contributed by atoms with Crippen molar-refractivity contribution in [1.82, 2.24) is 4.98 Å². The van der Waals surface area contributed by atoms with Crippen molar-refractivity contribution in [3.63, 3.8) is 0 Å². The van der Waals surface area contributed by atoms with Gasteiger partial charge in [0.2, 0.25) is 0 Å². The average Bonchev–Trinajstić information content (AvgIpc) is 3.69. The van der Waals surface area contributed by atoms with Crippen LogP contribution in [0.3, 0.4) is 0 Å². The molecule has 0 amide bonds. The second kappa shape index (κ2) is 8.61. The molecule has 1 aromatic heterocycles. The molecule has 30 heavy (non-hydrogen) atoms. The van der Waals surface area contributed by atoms with Gasteiger partial charge in [0.05, 0.1) is 25.6 Å². The van der Waals surface area contributed by atoms with E-state index in [9.17, 15) is 0 Å². The second-order valence-electron chi connectivity index (χ2n) is 7.04. The van der Waals surface area contributed by atoms with E-state index in [0.29, 0.717) is 36.2 Å². The molecule has 2 fully saturated rings. The summed E-state index contributed by atoms with van der Waals surface area (Å²) in [4.78, 5) is 4.20. The van der Waals surface area contributed by atoms with Crippen LogP contribution >= 0.6 is 0 Å². The molecule has 0 aliphatic carbocycles. The predicted molar refractivity (Wildman–Crippen MR) is 108 cm³/mol. The van der Waals surface area contributed by atoms with E-state index in [0.717, 1.165) is 24.7 Å². The Labute approximate surface area is 174 Å². The van der Waals surface area contributed by atoms with E-state index in [4.69, 9.17) is 28.4 Å². The smallest absolute Gasteiger partial charge is 0.149 e. The highest BCUT2D eigenvalue weighted by Crippen LogP contribution is 2.29. The van der Waals surface area contributed by atoms with Gasteiger partial charge in [-0.3, -0.25) is 4.98 Å². The maximum Gasteiger partial charge on any atom is 0.149 e. The second-order valence-corrected chi connectivity index (χ2v) is 7.04. The van der Waals surface area contributed by atoms with Crippen LogP contribution in [-0.2, 0) is 9.47 Å². The van der Waals surface area contributed by atoms with Gasteiger partial charge < -0.3 is 28.4 Å². The SMILES string of the molecule is c1cc(Oc2cncc(Oc3ccc(OCC4CO4)cc3)c2)ccc1OCC1CO1. The lowest BCUT2D eigenvalue weighted by Gasteiger charge is -2.10. The third-order valence-electron chi connectivity index (χ3n) is 4.48. The standard InChI is InChI=1S/C23H21NO6/c1-5-18(6-2-16(1)25-12-22-14-27-22)29-20-9-21(11-24-10-20)30-19-7-3-17(4-8-19)26-13-23-15-28-23/h1-11,22-23H,12-15H2. The number of aromatic nitrogens is 1. The summed E-state index contributed by atoms with van der Waals surface area (Å²) in [5, 5.41) is 0. The Morgan fingerprint density at radius 1 is 0.633 bits per heavy atom. The van der Waals surface area contributed by atoms with Crippen LogP contribution in [0.15, 0.2) is 67.0 Å². The molecule has 0 bridgehead atoms. The number of rotatable bonds is 10. The van der Waals surface area contributed by atoms with Gasteiger partial charge in [0.15, 0.2) is 0 Å². The first kappa shape index (κ1) is 18.7. The van der Waals surface area contributed by atoms with Crippen molar-refractivity contribution in [2.75, 3.05) is 26.4 Å². The molecule has 154 valence electrons. The summed E-state index contributed by atoms with van der Waals surface area (Å²) < 4.78 is 33.3. The number of nitrogens with zero attached hydrogens (tertiary/aromatic N) is 1. The van der Waals surface area contributed by atoms with Crippen LogP contribution in [0.1, 0.15) is 0 Å². The van der Waals surface area contributed by atoms with Gasteiger partial charge in [0.25, 0.3) is 0 Å². The normalized spacial score (nSPS) is 19.1. The fourth-order valence-corrected chi connectivity index (χ4v) is 2.70. The first-order valence-corrected chi connectivity index (χ1v) is 9.80. The summed E-state index contributed by atoms with van der Waals surface area (Å²) in [5.74, 6) is 4.10. The number of hydrogen-bond donors (Lipinski definition) is 0. The largest absolute Gasteiger partial charge is 0.491 e. The molecule has 0 spiro atoms. The van der Waals surface area contributed by atoms with Crippen molar-refractivity contribution >= 4 is 0 Å². The van der Waals surface area contributed by atoms with E-state index in [1.165, 1.54) is 0 Å². The van der Waals surface area contributed by atoms with E-state index < -0.39 is 0 Å². The molecule has 3 heterocycles. The third-order valence-corrected chi connectivity index (χ3v) is 4.48. The Kier molecular flexibility index (Phi) is 5.37. The molecule has 5 rings (SSSR count). The lowest BCUT2D eigenvalue weighted by molar-refractivity contribution is 0.263. The number of hydrogen-bond acceptors (Lipinski definition) is 7. The lowest BCUT2D eigenvalue weighted by atomic mass is 10.3. The van der Waals surface area contributed by atoms with Crippen molar-refractivity contribution in [2.24, 2.45) is 0 Å². The Morgan fingerprint density at radius 2 is 1.03 bits per heavy atom. The monoisotopic (exact) mass is 407 g/mol. The van der Waals surface area contributed by atoms with Gasteiger partial charge in [0.1, 0.15) is 59.9 Å². The zero-order chi connectivity index (χ0) is 20.2. The Bertz CT molecular complexity index is 891. The quantitative estimate of drug-likeness (QED) is 0.466. The van der Waals surface area contributed by atoms with Crippen LogP contribution < -0.4 is 18.9 Å². The molecule has 0 saturated carbocycles. The van der Waals surface area contributed by atoms with Crippen LogP contribution in [-0.4, -0.2) is 43.6 Å². The maximum atomic E-state index is 5.87. The molecule has 2 unspecified atom stereocenters. The first-order valence-electron chi connectivity index (χ1n) is 9.80. The molecule has 2 aliphatic rings. The summed E-state index contributed by atoms with van der Waals surface area (Å²) in [6, 6.07) is 16.6. The highest BCUT2D eigenvalue weighted by Gasteiger charge is 2.23. The van der Waals surface area contributed by atoms with Gasteiger partial charge >= 0.3 is 0 Å². The van der Waals surface area contributed by atoms with Crippen molar-refractivity contribution in [1.29, 1.82) is 0 Å². The number of pyridine rings is 1. The van der Waals surface area contributed by atoms with Gasteiger partial charge in [-0.25, -0.2) is 0 Å². The van der Waals surface area contributed by atoms with E-state index >= 15 is 0 Å². The molecular weight excluding hydrogens is 386 g/mol. The Hall–Kier alpha value is -3.29. The molecule has 2 saturated heterocycles. The number of benzene rings is 2. The fraction of sp³-hybridized carbons (Fsp3) is 0.261. The number of epoxide rings is 2. The van der Waals surface area contributed by atoms with Gasteiger partial charge in [-0.15, -0.1) is 0 Å². The van der Waals surface area contributed by atoms with Gasteiger partial charge in [-0.1, -0.05) is 0 Å². The molecule has 2 aliphatic heterocycles. The van der Waals surface area contributed by atoms with E-state index in [2.05, 4.69) is 4.98 Å². The summed E-state index contributed by atoms with van der Waals surface area (Å²) in [6.07, 6.45) is 3.74. The minimum atomic E-state index is 0.232. The molecule has 2 atom stereocenters. The molecule has 7 heteroatoms. The zero-order valence-corrected chi connectivity index (χ0v) is 16.2. The summed E-state index contributed by atoms with van der Waals surface area (Å²) >= 11 is 0. The average molecular weight is 407 g/mol. The number of ether oxygens (including phenoxy) is 6. The Balaban J connectivity index is 1.16. The summed E-state index contributed by atoms with van der Waals surface area (Å²) in [5.41, 5.74) is 0. The lowest BCUT2D eigenvalue weighted by Crippen LogP contribution is -2.03. The maximum absolute atomic E-state index is 5.87. The van der Waals surface area contributed by atoms with E-state index in [1.807, 2.05) is 48.5 Å². The van der Waals surface area contributed by atoms with Crippen molar-refractivity contribution in [3.05, 3.63) is 67.0 Å². The first-order chi connectivity index (χ1) is 14.8. The van der Waals surface area contributed by atoms with E-state index in [1.54, 1.807) is 18.5 Å². The van der Waals surface area contributed by atoms with Gasteiger partial charge in [-0.2, -0.15) is 0 Å². The minimum Gasteiger partial charge on any atom is -0.491 e. The summed E-state index contributed by atoms with van der Waals surface area (Å²) in [6.45, 7) is 2.71. The van der Waals surface area contributed by atoms with Crippen LogP contribution in [0, 0.1) is 0 Å². The summed E-state index contributed by atoms with van der Waals surface area (Å²) in [7, 11) is 0. The topological polar surface area (TPSA) is 74.9 Å². The van der Waals surface area contributed by atoms with Crippen LogP contribution in [0.25, 0.3) is 0 Å². The fourth-order valence-electron chi connectivity index (χ4n) is 2.70. The molecule has 0 radical (unpaired) electrons. The van der Waals surface area contributed by atoms with Crippen molar-refractivity contribution in [2.45, 2.75) is 12.2 Å². The predicted octanol–water partition coefficient (Wildman–Crippen LogP) is 4.22. The zero-order valence-electron chi connectivity index (χ0n) is 16.2. The molecule has 3 aromatic rings. The van der Waals surface area contributed by atoms with Gasteiger partial charge in [-0.05, 0) is 48.5 Å². The third kappa shape index (κ3) is 5.40. The van der Waals surface area contributed by atoms with Crippen molar-refractivity contribution < 1.29 is 28.4 Å². The van der Waals surface area contributed by atoms with E-state index in [-0.39, 0.29) is 12.2 Å². The highest BCUT2D eigenvalue weighted by atomic mass is 16.6. The molecular formula is C23H21NO6.